The van der Waals surface area contributed by atoms with E-state index in [2.05, 4.69) is 12.1 Å². The Labute approximate surface area is 180 Å². The van der Waals surface area contributed by atoms with Crippen molar-refractivity contribution in [2.24, 2.45) is 0 Å². The molecule has 2 nitrogen and oxygen atoms in total. The van der Waals surface area contributed by atoms with Gasteiger partial charge in [-0.3, -0.25) is 0 Å². The first-order valence-corrected chi connectivity index (χ1v) is 10.2. The Morgan fingerprint density at radius 2 is 1.29 bits per heavy atom. The zero-order valence-electron chi connectivity index (χ0n) is 17.1. The van der Waals surface area contributed by atoms with Crippen LogP contribution in [0.1, 0.15) is 5.56 Å². The molecule has 0 fully saturated rings. The number of benzene rings is 5. The van der Waals surface area contributed by atoms with Gasteiger partial charge < -0.3 is 9.47 Å². The molecule has 31 heavy (non-hydrogen) atoms. The van der Waals surface area contributed by atoms with Crippen molar-refractivity contribution in [3.8, 4) is 22.6 Å². The fourth-order valence-corrected chi connectivity index (χ4v) is 4.06. The SMILES string of the molecule is COc1ccc2ccccc2c1-c1c(OCc2ccccc2)ccc2ccc(F)cc12. The first kappa shape index (κ1) is 19.1. The highest BCUT2D eigenvalue weighted by atomic mass is 19.1. The molecule has 5 aromatic rings. The Morgan fingerprint density at radius 3 is 2.10 bits per heavy atom. The van der Waals surface area contributed by atoms with Gasteiger partial charge in [-0.15, -0.1) is 0 Å². The minimum atomic E-state index is -0.284. The van der Waals surface area contributed by atoms with E-state index in [0.717, 1.165) is 44.0 Å². The Kier molecular flexibility index (Phi) is 5.01. The first-order valence-electron chi connectivity index (χ1n) is 10.2. The van der Waals surface area contributed by atoms with Crippen LogP contribution in [0.25, 0.3) is 32.7 Å². The van der Waals surface area contributed by atoms with E-state index in [-0.39, 0.29) is 5.82 Å². The number of hydrogen-bond donors (Lipinski definition) is 0. The van der Waals surface area contributed by atoms with E-state index in [4.69, 9.17) is 9.47 Å². The standard InChI is InChI=1S/C28H21FO2/c1-30-25-15-12-20-9-5-6-10-23(20)27(25)28-24-17-22(29)14-11-21(24)13-16-26(28)31-18-19-7-3-2-4-8-19/h2-17H,18H2,1H3. The van der Waals surface area contributed by atoms with Gasteiger partial charge in [0.1, 0.15) is 23.9 Å². The zero-order chi connectivity index (χ0) is 21.2. The lowest BCUT2D eigenvalue weighted by Crippen LogP contribution is -1.99. The number of ether oxygens (including phenoxy) is 2. The monoisotopic (exact) mass is 408 g/mol. The molecule has 0 spiro atoms. The summed E-state index contributed by atoms with van der Waals surface area (Å²) in [5.74, 6) is 1.13. The highest BCUT2D eigenvalue weighted by Crippen LogP contribution is 2.45. The summed E-state index contributed by atoms with van der Waals surface area (Å²) in [4.78, 5) is 0. The van der Waals surface area contributed by atoms with Crippen LogP contribution in [0.2, 0.25) is 0 Å². The van der Waals surface area contributed by atoms with Crippen molar-refractivity contribution in [2.45, 2.75) is 6.61 Å². The molecule has 0 atom stereocenters. The van der Waals surface area contributed by atoms with Crippen molar-refractivity contribution < 1.29 is 13.9 Å². The zero-order valence-corrected chi connectivity index (χ0v) is 17.1. The van der Waals surface area contributed by atoms with Crippen LogP contribution in [-0.4, -0.2) is 7.11 Å². The quantitative estimate of drug-likeness (QED) is 0.302. The van der Waals surface area contributed by atoms with Crippen LogP contribution in [0, 0.1) is 5.82 Å². The van der Waals surface area contributed by atoms with Crippen molar-refractivity contribution in [2.75, 3.05) is 7.11 Å². The molecular weight excluding hydrogens is 387 g/mol. The predicted molar refractivity (Wildman–Crippen MR) is 124 cm³/mol. The molecule has 0 heterocycles. The molecule has 5 aromatic carbocycles. The molecule has 0 aliphatic carbocycles. The third kappa shape index (κ3) is 3.59. The summed E-state index contributed by atoms with van der Waals surface area (Å²) in [5, 5.41) is 3.85. The Hall–Kier alpha value is -3.85. The molecule has 0 amide bonds. The van der Waals surface area contributed by atoms with Gasteiger partial charge >= 0.3 is 0 Å². The van der Waals surface area contributed by atoms with Crippen molar-refractivity contribution >= 4 is 21.5 Å². The molecule has 152 valence electrons. The summed E-state index contributed by atoms with van der Waals surface area (Å²) in [6.45, 7) is 0.418. The fraction of sp³-hybridized carbons (Fsp3) is 0.0714. The van der Waals surface area contributed by atoms with Crippen LogP contribution in [0.15, 0.2) is 97.1 Å². The number of fused-ring (bicyclic) bond motifs is 2. The summed E-state index contributed by atoms with van der Waals surface area (Å²) >= 11 is 0. The average molecular weight is 408 g/mol. The van der Waals surface area contributed by atoms with Crippen LogP contribution < -0.4 is 9.47 Å². The second-order valence-corrected chi connectivity index (χ2v) is 7.44. The summed E-state index contributed by atoms with van der Waals surface area (Å²) < 4.78 is 26.4. The van der Waals surface area contributed by atoms with Crippen LogP contribution >= 0.6 is 0 Å². The maximum atomic E-state index is 14.3. The highest BCUT2D eigenvalue weighted by Gasteiger charge is 2.19. The van der Waals surface area contributed by atoms with Gasteiger partial charge in [0, 0.05) is 11.1 Å². The van der Waals surface area contributed by atoms with E-state index in [9.17, 15) is 4.39 Å². The largest absolute Gasteiger partial charge is 0.496 e. The van der Waals surface area contributed by atoms with Gasteiger partial charge in [0.15, 0.2) is 0 Å². The lowest BCUT2D eigenvalue weighted by Gasteiger charge is -2.19. The first-order chi connectivity index (χ1) is 15.2. The second-order valence-electron chi connectivity index (χ2n) is 7.44. The van der Waals surface area contributed by atoms with E-state index in [1.165, 1.54) is 6.07 Å². The van der Waals surface area contributed by atoms with E-state index in [0.29, 0.717) is 12.4 Å². The molecule has 0 aromatic heterocycles. The second kappa shape index (κ2) is 8.11. The maximum absolute atomic E-state index is 14.3. The van der Waals surface area contributed by atoms with Gasteiger partial charge in [-0.1, -0.05) is 72.8 Å². The molecule has 0 aliphatic heterocycles. The number of rotatable bonds is 5. The van der Waals surface area contributed by atoms with Crippen LogP contribution in [0.4, 0.5) is 4.39 Å². The highest BCUT2D eigenvalue weighted by molar-refractivity contribution is 6.09. The molecule has 0 saturated heterocycles. The van der Waals surface area contributed by atoms with E-state index < -0.39 is 0 Å². The van der Waals surface area contributed by atoms with Crippen molar-refractivity contribution in [1.29, 1.82) is 0 Å². The average Bonchev–Trinajstić information content (AvgIpc) is 2.82. The summed E-state index contributed by atoms with van der Waals surface area (Å²) in [7, 11) is 1.66. The van der Waals surface area contributed by atoms with Crippen molar-refractivity contribution in [3.05, 3.63) is 108 Å². The smallest absolute Gasteiger partial charge is 0.128 e. The molecule has 0 N–H and O–H groups in total. The number of hydrogen-bond acceptors (Lipinski definition) is 2. The third-order valence-electron chi connectivity index (χ3n) is 5.54. The molecule has 5 rings (SSSR count). The van der Waals surface area contributed by atoms with Crippen LogP contribution in [-0.2, 0) is 6.61 Å². The Balaban J connectivity index is 1.79. The van der Waals surface area contributed by atoms with Crippen LogP contribution in [0.5, 0.6) is 11.5 Å². The van der Waals surface area contributed by atoms with E-state index >= 15 is 0 Å². The minimum Gasteiger partial charge on any atom is -0.496 e. The minimum absolute atomic E-state index is 0.284. The van der Waals surface area contributed by atoms with Gasteiger partial charge in [0.25, 0.3) is 0 Å². The van der Waals surface area contributed by atoms with E-state index in [1.54, 1.807) is 19.2 Å². The summed E-state index contributed by atoms with van der Waals surface area (Å²) in [6.07, 6.45) is 0. The molecule has 0 saturated carbocycles. The number of halogens is 1. The van der Waals surface area contributed by atoms with Gasteiger partial charge in [-0.25, -0.2) is 4.39 Å². The lowest BCUT2D eigenvalue weighted by atomic mass is 9.92. The third-order valence-corrected chi connectivity index (χ3v) is 5.54. The van der Waals surface area contributed by atoms with E-state index in [1.807, 2.05) is 66.7 Å². The molecule has 0 aliphatic rings. The molecule has 0 bridgehead atoms. The van der Waals surface area contributed by atoms with Gasteiger partial charge in [-0.05, 0) is 51.4 Å². The fourth-order valence-electron chi connectivity index (χ4n) is 4.06. The lowest BCUT2D eigenvalue weighted by molar-refractivity contribution is 0.308. The maximum Gasteiger partial charge on any atom is 0.128 e. The number of methoxy groups -OCH3 is 1. The summed E-state index contributed by atoms with van der Waals surface area (Å²) in [6, 6.07) is 30.9. The summed E-state index contributed by atoms with van der Waals surface area (Å²) in [5.41, 5.74) is 2.80. The van der Waals surface area contributed by atoms with Crippen molar-refractivity contribution in [3.63, 3.8) is 0 Å². The topological polar surface area (TPSA) is 18.5 Å². The van der Waals surface area contributed by atoms with Crippen LogP contribution in [0.3, 0.4) is 0 Å². The predicted octanol–water partition coefficient (Wildman–Crippen LogP) is 7.39. The Morgan fingerprint density at radius 1 is 0.645 bits per heavy atom. The molecule has 0 radical (unpaired) electrons. The van der Waals surface area contributed by atoms with Gasteiger partial charge in [0.05, 0.1) is 7.11 Å². The normalized spacial score (nSPS) is 11.0. The van der Waals surface area contributed by atoms with Gasteiger partial charge in [0.2, 0.25) is 0 Å². The molecular formula is C28H21FO2. The van der Waals surface area contributed by atoms with Gasteiger partial charge in [-0.2, -0.15) is 0 Å². The molecule has 3 heteroatoms. The molecule has 0 unspecified atom stereocenters. The Bertz CT molecular complexity index is 1380. The van der Waals surface area contributed by atoms with Crippen molar-refractivity contribution in [1.82, 2.24) is 0 Å².